The number of benzene rings is 1. The number of aromatic carboxylic acids is 1. The van der Waals surface area contributed by atoms with Gasteiger partial charge in [-0.2, -0.15) is 0 Å². The first-order valence-electron chi connectivity index (χ1n) is 6.26. The minimum atomic E-state index is -1.25. The zero-order valence-corrected chi connectivity index (χ0v) is 10.4. The van der Waals surface area contributed by atoms with Crippen molar-refractivity contribution in [2.45, 2.75) is 25.3 Å². The van der Waals surface area contributed by atoms with E-state index in [0.717, 1.165) is 31.4 Å². The van der Waals surface area contributed by atoms with E-state index in [2.05, 4.69) is 0 Å². The molecule has 0 aliphatic heterocycles. The quantitative estimate of drug-likeness (QED) is 0.919. The first-order valence-corrected chi connectivity index (χ1v) is 6.26. The second kappa shape index (κ2) is 4.40. The van der Waals surface area contributed by atoms with Crippen LogP contribution in [0.2, 0.25) is 0 Å². The first-order chi connectivity index (χ1) is 9.49. The van der Waals surface area contributed by atoms with Gasteiger partial charge in [0, 0.05) is 6.04 Å². The Morgan fingerprint density at radius 3 is 2.40 bits per heavy atom. The van der Waals surface area contributed by atoms with Crippen molar-refractivity contribution in [3.63, 3.8) is 0 Å². The van der Waals surface area contributed by atoms with Crippen LogP contribution < -0.4 is 5.56 Å². The Morgan fingerprint density at radius 2 is 1.85 bits per heavy atom. The Labute approximate surface area is 112 Å². The van der Waals surface area contributed by atoms with Crippen LogP contribution in [0.5, 0.6) is 0 Å². The van der Waals surface area contributed by atoms with Crippen molar-refractivity contribution in [1.29, 1.82) is 0 Å². The number of hydrogen-bond acceptors (Lipinski definition) is 2. The number of carboxylic acids is 1. The van der Waals surface area contributed by atoms with Crippen LogP contribution in [0.1, 0.15) is 35.8 Å². The van der Waals surface area contributed by atoms with Gasteiger partial charge in [0.05, 0.1) is 5.39 Å². The number of carboxylic acid groups (broad SMARTS) is 1. The number of nitrogens with zero attached hydrogens (tertiary/aromatic N) is 1. The third-order valence-electron chi connectivity index (χ3n) is 3.75. The largest absolute Gasteiger partial charge is 0.477 e. The average Bonchev–Trinajstić information content (AvgIpc) is 2.32. The molecule has 3 rings (SSSR count). The lowest BCUT2D eigenvalue weighted by atomic mass is 9.92. The van der Waals surface area contributed by atoms with Crippen LogP contribution in [0.4, 0.5) is 8.78 Å². The maximum absolute atomic E-state index is 13.3. The predicted octanol–water partition coefficient (Wildman–Crippen LogP) is 2.70. The van der Waals surface area contributed by atoms with Crippen molar-refractivity contribution >= 4 is 16.7 Å². The van der Waals surface area contributed by atoms with Crippen molar-refractivity contribution in [1.82, 2.24) is 4.57 Å². The van der Waals surface area contributed by atoms with Gasteiger partial charge < -0.3 is 5.11 Å². The molecule has 1 heterocycles. The van der Waals surface area contributed by atoms with Crippen LogP contribution >= 0.6 is 0 Å². The summed E-state index contributed by atoms with van der Waals surface area (Å²) in [7, 11) is 0. The highest BCUT2D eigenvalue weighted by atomic mass is 19.2. The van der Waals surface area contributed by atoms with Gasteiger partial charge in [0.1, 0.15) is 5.69 Å². The average molecular weight is 279 g/mol. The van der Waals surface area contributed by atoms with Crippen molar-refractivity contribution in [3.05, 3.63) is 45.9 Å². The lowest BCUT2D eigenvalue weighted by Gasteiger charge is -2.29. The Kier molecular flexibility index (Phi) is 2.81. The highest BCUT2D eigenvalue weighted by molar-refractivity contribution is 5.92. The molecule has 0 spiro atoms. The van der Waals surface area contributed by atoms with Crippen LogP contribution in [-0.2, 0) is 0 Å². The Hall–Kier alpha value is -2.24. The SMILES string of the molecule is O=C(O)c1cc2cc(F)c(F)cc2c(=O)n1C1CCC1. The van der Waals surface area contributed by atoms with Crippen molar-refractivity contribution in [3.8, 4) is 0 Å². The predicted molar refractivity (Wildman–Crippen MR) is 68.0 cm³/mol. The molecule has 0 saturated heterocycles. The van der Waals surface area contributed by atoms with Gasteiger partial charge in [0.25, 0.3) is 5.56 Å². The summed E-state index contributed by atoms with van der Waals surface area (Å²) in [5.41, 5.74) is -0.762. The Balaban J connectivity index is 2.38. The number of rotatable bonds is 2. The lowest BCUT2D eigenvalue weighted by molar-refractivity contribution is 0.0676. The van der Waals surface area contributed by atoms with E-state index < -0.39 is 23.2 Å². The van der Waals surface area contributed by atoms with Crippen LogP contribution in [0, 0.1) is 11.6 Å². The van der Waals surface area contributed by atoms with Gasteiger partial charge >= 0.3 is 5.97 Å². The summed E-state index contributed by atoms with van der Waals surface area (Å²) in [5.74, 6) is -3.46. The van der Waals surface area contributed by atoms with Gasteiger partial charge in [-0.25, -0.2) is 13.6 Å². The van der Waals surface area contributed by atoms with E-state index in [4.69, 9.17) is 0 Å². The highest BCUT2D eigenvalue weighted by Crippen LogP contribution is 2.32. The fourth-order valence-corrected chi connectivity index (χ4v) is 2.50. The molecule has 2 aromatic rings. The van der Waals surface area contributed by atoms with Gasteiger partial charge in [-0.3, -0.25) is 9.36 Å². The molecule has 1 N–H and O–H groups in total. The van der Waals surface area contributed by atoms with E-state index >= 15 is 0 Å². The molecule has 1 saturated carbocycles. The number of fused-ring (bicyclic) bond motifs is 1. The molecule has 1 aliphatic carbocycles. The molecule has 0 radical (unpaired) electrons. The maximum Gasteiger partial charge on any atom is 0.352 e. The first kappa shape index (κ1) is 12.8. The van der Waals surface area contributed by atoms with Crippen molar-refractivity contribution in [2.75, 3.05) is 0 Å². The third-order valence-corrected chi connectivity index (χ3v) is 3.75. The van der Waals surface area contributed by atoms with E-state index in [1.165, 1.54) is 10.6 Å². The minimum absolute atomic E-state index is 0.000741. The van der Waals surface area contributed by atoms with Gasteiger partial charge in [0.15, 0.2) is 11.6 Å². The van der Waals surface area contributed by atoms with Gasteiger partial charge in [-0.05, 0) is 42.8 Å². The van der Waals surface area contributed by atoms with Gasteiger partial charge in [0.2, 0.25) is 0 Å². The lowest BCUT2D eigenvalue weighted by Crippen LogP contribution is -2.33. The van der Waals surface area contributed by atoms with E-state index in [9.17, 15) is 23.5 Å². The number of hydrogen-bond donors (Lipinski definition) is 1. The summed E-state index contributed by atoms with van der Waals surface area (Å²) in [6.45, 7) is 0. The third kappa shape index (κ3) is 1.79. The molecule has 0 amide bonds. The Morgan fingerprint density at radius 1 is 1.20 bits per heavy atom. The summed E-state index contributed by atoms with van der Waals surface area (Å²) in [6, 6.07) is 2.73. The minimum Gasteiger partial charge on any atom is -0.477 e. The molecule has 4 nitrogen and oxygen atoms in total. The van der Waals surface area contributed by atoms with E-state index in [1.807, 2.05) is 0 Å². The summed E-state index contributed by atoms with van der Waals surface area (Å²) in [6.07, 6.45) is 2.36. The number of halogens is 2. The maximum atomic E-state index is 13.3. The molecule has 1 fully saturated rings. The van der Waals surface area contributed by atoms with Gasteiger partial charge in [-0.15, -0.1) is 0 Å². The zero-order chi connectivity index (χ0) is 14.4. The summed E-state index contributed by atoms with van der Waals surface area (Å²) in [5, 5.41) is 9.31. The molecule has 0 unspecified atom stereocenters. The fraction of sp³-hybridized carbons (Fsp3) is 0.286. The van der Waals surface area contributed by atoms with E-state index in [1.54, 1.807) is 0 Å². The molecule has 0 bridgehead atoms. The molecule has 104 valence electrons. The smallest absolute Gasteiger partial charge is 0.352 e. The standard InChI is InChI=1S/C14H11F2NO3/c15-10-4-7-5-12(14(19)20)17(8-2-1-3-8)13(18)9(7)6-11(10)16/h4-6,8H,1-3H2,(H,19,20). The van der Waals surface area contributed by atoms with Crippen LogP contribution in [0.25, 0.3) is 10.8 Å². The summed E-state index contributed by atoms with van der Waals surface area (Å²) < 4.78 is 27.7. The summed E-state index contributed by atoms with van der Waals surface area (Å²) >= 11 is 0. The molecule has 0 atom stereocenters. The second-order valence-corrected chi connectivity index (χ2v) is 4.95. The monoisotopic (exact) mass is 279 g/mol. The van der Waals surface area contributed by atoms with Crippen molar-refractivity contribution in [2.24, 2.45) is 0 Å². The molecule has 20 heavy (non-hydrogen) atoms. The molecule has 1 aromatic carbocycles. The molecule has 6 heteroatoms. The number of pyridine rings is 1. The van der Waals surface area contributed by atoms with Crippen LogP contribution in [0.3, 0.4) is 0 Å². The fourth-order valence-electron chi connectivity index (χ4n) is 2.50. The van der Waals surface area contributed by atoms with Gasteiger partial charge in [-0.1, -0.05) is 0 Å². The Bertz CT molecular complexity index is 778. The number of carbonyl (C=O) groups is 1. The van der Waals surface area contributed by atoms with E-state index in [-0.39, 0.29) is 22.5 Å². The highest BCUT2D eigenvalue weighted by Gasteiger charge is 2.26. The molecule has 1 aromatic heterocycles. The second-order valence-electron chi connectivity index (χ2n) is 4.95. The normalized spacial score (nSPS) is 15.3. The van der Waals surface area contributed by atoms with Crippen LogP contribution in [0.15, 0.2) is 23.0 Å². The van der Waals surface area contributed by atoms with Crippen molar-refractivity contribution < 1.29 is 18.7 Å². The van der Waals surface area contributed by atoms with Crippen LogP contribution in [-0.4, -0.2) is 15.6 Å². The summed E-state index contributed by atoms with van der Waals surface area (Å²) in [4.78, 5) is 23.6. The van der Waals surface area contributed by atoms with E-state index in [0.29, 0.717) is 0 Å². The molecular formula is C14H11F2NO3. The molecular weight excluding hydrogens is 268 g/mol. The number of aromatic nitrogens is 1. The molecule has 1 aliphatic rings. The topological polar surface area (TPSA) is 59.3 Å². The zero-order valence-electron chi connectivity index (χ0n) is 10.4.